The van der Waals surface area contributed by atoms with E-state index in [9.17, 15) is 19.2 Å². The molecule has 0 saturated carbocycles. The Morgan fingerprint density at radius 3 is 2.33 bits per heavy atom. The number of rotatable bonds is 9. The lowest BCUT2D eigenvalue weighted by molar-refractivity contribution is -0.122. The molecule has 7 nitrogen and oxygen atoms in total. The molecule has 2 fully saturated rings. The topological polar surface area (TPSA) is 72.6 Å². The van der Waals surface area contributed by atoms with Crippen LogP contribution in [0.3, 0.4) is 0 Å². The molecule has 2 saturated heterocycles. The van der Waals surface area contributed by atoms with Crippen molar-refractivity contribution in [3.8, 4) is 6.07 Å². The van der Waals surface area contributed by atoms with Crippen molar-refractivity contribution >= 4 is 51.8 Å². The van der Waals surface area contributed by atoms with E-state index in [0.29, 0.717) is 71.1 Å². The lowest BCUT2D eigenvalue weighted by Crippen LogP contribution is -2.49. The van der Waals surface area contributed by atoms with Gasteiger partial charge in [0.2, 0.25) is 0 Å². The monoisotopic (exact) mass is 567 g/mol. The lowest BCUT2D eigenvalue weighted by atomic mass is 10.0. The molecule has 0 aliphatic carbocycles. The number of hydrogen-bond donors (Lipinski definition) is 0. The number of piperazine rings is 1. The number of nitriles is 1. The van der Waals surface area contributed by atoms with E-state index >= 15 is 0 Å². The van der Waals surface area contributed by atoms with Gasteiger partial charge >= 0.3 is 0 Å². The second kappa shape index (κ2) is 12.8. The van der Waals surface area contributed by atoms with Crippen molar-refractivity contribution in [1.29, 1.82) is 5.26 Å². The first kappa shape index (κ1) is 28.8. The van der Waals surface area contributed by atoms with Crippen molar-refractivity contribution in [2.45, 2.75) is 53.0 Å². The predicted octanol–water partition coefficient (Wildman–Crippen LogP) is 5.30. The molecule has 2 aliphatic heterocycles. The molecule has 2 aromatic rings. The molecule has 1 amide bonds. The Balaban J connectivity index is 1.78. The van der Waals surface area contributed by atoms with Gasteiger partial charge in [0.25, 0.3) is 11.5 Å². The van der Waals surface area contributed by atoms with Gasteiger partial charge in [0, 0.05) is 44.8 Å². The summed E-state index contributed by atoms with van der Waals surface area (Å²) >= 11 is 6.77. The maximum absolute atomic E-state index is 14.5. The van der Waals surface area contributed by atoms with E-state index in [0.717, 1.165) is 25.7 Å². The first-order chi connectivity index (χ1) is 18.8. The molecule has 0 atom stereocenters. The summed E-state index contributed by atoms with van der Waals surface area (Å²) < 4.78 is 16.7. The van der Waals surface area contributed by atoms with E-state index < -0.39 is 0 Å². The minimum Gasteiger partial charge on any atom is -0.366 e. The zero-order chi connectivity index (χ0) is 28.1. The van der Waals surface area contributed by atoms with E-state index in [1.165, 1.54) is 17.8 Å². The van der Waals surface area contributed by atoms with Gasteiger partial charge in [-0.2, -0.15) is 5.26 Å². The van der Waals surface area contributed by atoms with Crippen LogP contribution < -0.4 is 15.4 Å². The van der Waals surface area contributed by atoms with Crippen molar-refractivity contribution in [1.82, 2.24) is 9.47 Å². The van der Waals surface area contributed by atoms with Crippen molar-refractivity contribution < 1.29 is 9.18 Å². The number of nitrogens with zero attached hydrogens (tertiary/aromatic N) is 5. The molecular weight excluding hydrogens is 533 g/mol. The van der Waals surface area contributed by atoms with E-state index in [1.54, 1.807) is 28.5 Å². The third kappa shape index (κ3) is 5.89. The number of aromatic nitrogens is 1. The summed E-state index contributed by atoms with van der Waals surface area (Å²) in [7, 11) is 0. The third-order valence-electron chi connectivity index (χ3n) is 7.24. The van der Waals surface area contributed by atoms with E-state index in [-0.39, 0.29) is 22.8 Å². The van der Waals surface area contributed by atoms with Crippen LogP contribution in [0, 0.1) is 24.1 Å². The number of hydrogen-bond acceptors (Lipinski definition) is 7. The number of carbonyl (C=O) groups is 1. The molecule has 3 heterocycles. The van der Waals surface area contributed by atoms with Gasteiger partial charge < -0.3 is 9.80 Å². The normalized spacial score (nSPS) is 16.9. The Bertz CT molecular complexity index is 1390. The Kier molecular flexibility index (Phi) is 9.46. The van der Waals surface area contributed by atoms with Crippen molar-refractivity contribution in [2.24, 2.45) is 0 Å². The van der Waals surface area contributed by atoms with Crippen molar-refractivity contribution in [3.05, 3.63) is 62.0 Å². The molecule has 0 bridgehead atoms. The molecule has 0 unspecified atom stereocenters. The van der Waals surface area contributed by atoms with Crippen molar-refractivity contribution in [3.63, 3.8) is 0 Å². The van der Waals surface area contributed by atoms with Gasteiger partial charge in [-0.3, -0.25) is 19.1 Å². The van der Waals surface area contributed by atoms with E-state index in [1.807, 2.05) is 17.0 Å². The average Bonchev–Trinajstić information content (AvgIpc) is 3.20. The second-order valence-corrected chi connectivity index (χ2v) is 11.4. The highest BCUT2D eigenvalue weighted by Crippen LogP contribution is 2.36. The van der Waals surface area contributed by atoms with Crippen LogP contribution in [0.2, 0.25) is 0 Å². The Hall–Kier alpha value is -3.16. The first-order valence-corrected chi connectivity index (χ1v) is 14.7. The van der Waals surface area contributed by atoms with Crippen LogP contribution in [0.15, 0.2) is 34.0 Å². The molecule has 39 heavy (non-hydrogen) atoms. The van der Waals surface area contributed by atoms with Crippen LogP contribution in [0.5, 0.6) is 0 Å². The summed E-state index contributed by atoms with van der Waals surface area (Å²) in [6, 6.07) is 8.85. The number of unbranched alkanes of at least 4 members (excludes halogenated alkanes) is 2. The van der Waals surface area contributed by atoms with Gasteiger partial charge in [0.15, 0.2) is 0 Å². The minimum absolute atomic E-state index is 0.0903. The summed E-state index contributed by atoms with van der Waals surface area (Å²) in [6.45, 7) is 9.19. The summed E-state index contributed by atoms with van der Waals surface area (Å²) in [5, 5.41) is 9.91. The van der Waals surface area contributed by atoms with Gasteiger partial charge in [0.1, 0.15) is 27.6 Å². The third-order valence-corrected chi connectivity index (χ3v) is 8.62. The highest BCUT2D eigenvalue weighted by atomic mass is 32.2. The molecule has 1 aromatic carbocycles. The number of thiocarbonyl (C=S) groups is 1. The van der Waals surface area contributed by atoms with Gasteiger partial charge in [0.05, 0.1) is 10.6 Å². The molecule has 2 aliphatic rings. The number of benzene rings is 1. The standard InChI is InChI=1S/C29H34FN5O2S2/c1-4-6-12-34-26(33-16-14-32(15-17-33)24-11-9-8-10-23(24)30)21(20(3)22(19-31)27(34)36)18-25-28(37)35(13-7-5-2)29(38)39-25/h8-11,18H,4-7,12-17H2,1-3H3. The number of para-hydroxylation sites is 1. The first-order valence-electron chi connectivity index (χ1n) is 13.5. The number of thioether (sulfide) groups is 1. The Morgan fingerprint density at radius 1 is 1.05 bits per heavy atom. The second-order valence-electron chi connectivity index (χ2n) is 9.77. The SMILES string of the molecule is CCCCN1C(=O)C(=Cc2c(C)c(C#N)c(=O)n(CCCC)c2N2CCN(c3ccccc3F)CC2)SC1=S. The summed E-state index contributed by atoms with van der Waals surface area (Å²) in [6.07, 6.45) is 5.27. The van der Waals surface area contributed by atoms with Crippen LogP contribution >= 0.6 is 24.0 Å². The maximum Gasteiger partial charge on any atom is 0.270 e. The van der Waals surface area contributed by atoms with Crippen LogP contribution in [0.25, 0.3) is 6.08 Å². The van der Waals surface area contributed by atoms with Crippen LogP contribution in [-0.2, 0) is 11.3 Å². The van der Waals surface area contributed by atoms with Crippen molar-refractivity contribution in [2.75, 3.05) is 42.5 Å². The lowest BCUT2D eigenvalue weighted by Gasteiger charge is -2.39. The molecule has 1 aromatic heterocycles. The zero-order valence-electron chi connectivity index (χ0n) is 22.7. The average molecular weight is 568 g/mol. The molecule has 0 spiro atoms. The fourth-order valence-electron chi connectivity index (χ4n) is 5.02. The largest absolute Gasteiger partial charge is 0.366 e. The maximum atomic E-state index is 14.5. The molecule has 0 N–H and O–H groups in total. The number of anilines is 2. The summed E-state index contributed by atoms with van der Waals surface area (Å²) in [5.41, 5.74) is 1.58. The minimum atomic E-state index is -0.317. The quantitative estimate of drug-likeness (QED) is 0.301. The molecule has 206 valence electrons. The smallest absolute Gasteiger partial charge is 0.270 e. The van der Waals surface area contributed by atoms with E-state index in [4.69, 9.17) is 12.2 Å². The number of amides is 1. The summed E-state index contributed by atoms with van der Waals surface area (Å²) in [5.74, 6) is 0.306. The van der Waals surface area contributed by atoms with Gasteiger partial charge in [-0.25, -0.2) is 4.39 Å². The molecular formula is C29H34FN5O2S2. The fraction of sp³-hybridized carbons (Fsp3) is 0.448. The van der Waals surface area contributed by atoms with Crippen LogP contribution in [-0.4, -0.2) is 52.4 Å². The molecule has 4 rings (SSSR count). The number of pyridine rings is 1. The van der Waals surface area contributed by atoms with Gasteiger partial charge in [-0.15, -0.1) is 0 Å². The van der Waals surface area contributed by atoms with Gasteiger partial charge in [-0.05, 0) is 43.5 Å². The van der Waals surface area contributed by atoms with Gasteiger partial charge in [-0.1, -0.05) is 62.8 Å². The fourth-order valence-corrected chi connectivity index (χ4v) is 6.31. The van der Waals surface area contributed by atoms with Crippen LogP contribution in [0.4, 0.5) is 15.9 Å². The summed E-state index contributed by atoms with van der Waals surface area (Å²) in [4.78, 5) is 33.1. The number of carbonyl (C=O) groups excluding carboxylic acids is 1. The predicted molar refractivity (Wildman–Crippen MR) is 161 cm³/mol. The Labute approximate surface area is 238 Å². The molecule has 0 radical (unpaired) electrons. The number of halogens is 1. The zero-order valence-corrected chi connectivity index (χ0v) is 24.3. The molecule has 10 heteroatoms. The van der Waals surface area contributed by atoms with E-state index in [2.05, 4.69) is 24.8 Å². The highest BCUT2D eigenvalue weighted by Gasteiger charge is 2.33. The Morgan fingerprint density at radius 2 is 1.69 bits per heavy atom. The highest BCUT2D eigenvalue weighted by molar-refractivity contribution is 8.26. The van der Waals surface area contributed by atoms with Crippen LogP contribution in [0.1, 0.15) is 56.2 Å².